The average Bonchev–Trinajstić information content (AvgIpc) is 3.21. The van der Waals surface area contributed by atoms with Crippen LogP contribution >= 0.6 is 11.3 Å². The molecule has 0 atom stereocenters. The zero-order valence-corrected chi connectivity index (χ0v) is 17.7. The van der Waals surface area contributed by atoms with Crippen molar-refractivity contribution < 1.29 is 23.9 Å². The standard InChI is InChI=1S/C22H19N3O5S/c1-13-23-17(12-31-13)15-5-8-19-18(9-15)25(21(27)11-30-19)10-20(26)24-16-6-3-14(4-7-16)22(28)29-2/h3-9,12H,10-11H2,1-2H3,(H,24,26). The van der Waals surface area contributed by atoms with Crippen LogP contribution in [0.3, 0.4) is 0 Å². The van der Waals surface area contributed by atoms with Crippen molar-refractivity contribution in [2.75, 3.05) is 30.5 Å². The molecule has 0 spiro atoms. The minimum absolute atomic E-state index is 0.136. The molecule has 0 saturated carbocycles. The van der Waals surface area contributed by atoms with Crippen LogP contribution in [0.1, 0.15) is 15.4 Å². The van der Waals surface area contributed by atoms with E-state index >= 15 is 0 Å². The van der Waals surface area contributed by atoms with E-state index in [9.17, 15) is 14.4 Å². The normalized spacial score (nSPS) is 12.7. The van der Waals surface area contributed by atoms with Crippen molar-refractivity contribution in [1.29, 1.82) is 0 Å². The molecule has 1 aromatic heterocycles. The second-order valence-corrected chi connectivity index (χ2v) is 7.88. The van der Waals surface area contributed by atoms with Crippen molar-refractivity contribution in [1.82, 2.24) is 4.98 Å². The molecule has 0 unspecified atom stereocenters. The molecule has 31 heavy (non-hydrogen) atoms. The predicted molar refractivity (Wildman–Crippen MR) is 117 cm³/mol. The van der Waals surface area contributed by atoms with E-state index in [-0.39, 0.29) is 25.0 Å². The van der Waals surface area contributed by atoms with Crippen LogP contribution in [0.4, 0.5) is 11.4 Å². The Hall–Kier alpha value is -3.72. The summed E-state index contributed by atoms with van der Waals surface area (Å²) in [5, 5.41) is 5.62. The molecule has 0 bridgehead atoms. The Labute approximate surface area is 182 Å². The first-order valence-corrected chi connectivity index (χ1v) is 10.3. The van der Waals surface area contributed by atoms with Crippen molar-refractivity contribution in [3.05, 3.63) is 58.4 Å². The molecule has 0 radical (unpaired) electrons. The van der Waals surface area contributed by atoms with Crippen molar-refractivity contribution >= 4 is 40.5 Å². The van der Waals surface area contributed by atoms with Gasteiger partial charge < -0.3 is 14.8 Å². The molecule has 9 heteroatoms. The number of carbonyl (C=O) groups excluding carboxylic acids is 3. The Morgan fingerprint density at radius 1 is 1.23 bits per heavy atom. The second-order valence-electron chi connectivity index (χ2n) is 6.82. The SMILES string of the molecule is COC(=O)c1ccc(NC(=O)CN2C(=O)COc3ccc(-c4csc(C)n4)cc32)cc1. The molecule has 0 fully saturated rings. The molecule has 0 saturated heterocycles. The fourth-order valence-electron chi connectivity index (χ4n) is 3.18. The van der Waals surface area contributed by atoms with Gasteiger partial charge in [-0.05, 0) is 49.4 Å². The second kappa shape index (κ2) is 8.57. The van der Waals surface area contributed by atoms with E-state index < -0.39 is 5.97 Å². The summed E-state index contributed by atoms with van der Waals surface area (Å²) < 4.78 is 10.2. The number of nitrogens with one attached hydrogen (secondary N) is 1. The highest BCUT2D eigenvalue weighted by molar-refractivity contribution is 7.09. The third-order valence-corrected chi connectivity index (χ3v) is 5.48. The van der Waals surface area contributed by atoms with Gasteiger partial charge >= 0.3 is 5.97 Å². The number of fused-ring (bicyclic) bond motifs is 1. The van der Waals surface area contributed by atoms with Gasteiger partial charge in [0.25, 0.3) is 5.91 Å². The lowest BCUT2D eigenvalue weighted by molar-refractivity contribution is -0.123. The summed E-state index contributed by atoms with van der Waals surface area (Å²) in [4.78, 5) is 42.5. The topological polar surface area (TPSA) is 97.8 Å². The monoisotopic (exact) mass is 437 g/mol. The summed E-state index contributed by atoms with van der Waals surface area (Å²) in [6.45, 7) is 1.62. The Kier molecular flexibility index (Phi) is 5.68. The predicted octanol–water partition coefficient (Wildman–Crippen LogP) is 3.27. The van der Waals surface area contributed by atoms with E-state index in [2.05, 4.69) is 15.0 Å². The van der Waals surface area contributed by atoms with Crippen LogP contribution < -0.4 is 15.0 Å². The number of rotatable bonds is 5. The number of anilines is 2. The van der Waals surface area contributed by atoms with Crippen LogP contribution in [0.25, 0.3) is 11.3 Å². The quantitative estimate of drug-likeness (QED) is 0.616. The lowest BCUT2D eigenvalue weighted by Crippen LogP contribution is -2.43. The van der Waals surface area contributed by atoms with E-state index in [0.29, 0.717) is 22.7 Å². The molecular formula is C22H19N3O5S. The fourth-order valence-corrected chi connectivity index (χ4v) is 3.80. The van der Waals surface area contributed by atoms with Gasteiger partial charge in [-0.25, -0.2) is 9.78 Å². The van der Waals surface area contributed by atoms with Gasteiger partial charge in [0.1, 0.15) is 12.3 Å². The highest BCUT2D eigenvalue weighted by Gasteiger charge is 2.28. The fraction of sp³-hybridized carbons (Fsp3) is 0.182. The maximum atomic E-state index is 12.6. The highest BCUT2D eigenvalue weighted by Crippen LogP contribution is 2.36. The van der Waals surface area contributed by atoms with Gasteiger partial charge in [0.05, 0.1) is 29.1 Å². The number of esters is 1. The number of amides is 2. The molecular weight excluding hydrogens is 418 g/mol. The molecule has 1 aliphatic heterocycles. The number of carbonyl (C=O) groups is 3. The molecule has 2 amide bonds. The average molecular weight is 437 g/mol. The largest absolute Gasteiger partial charge is 0.482 e. The minimum Gasteiger partial charge on any atom is -0.482 e. The molecule has 4 rings (SSSR count). The Balaban J connectivity index is 1.52. The number of thiazole rings is 1. The molecule has 8 nitrogen and oxygen atoms in total. The van der Waals surface area contributed by atoms with Crippen molar-refractivity contribution in [2.24, 2.45) is 0 Å². The van der Waals surface area contributed by atoms with Crippen LogP contribution in [0, 0.1) is 6.92 Å². The van der Waals surface area contributed by atoms with Gasteiger partial charge in [0.2, 0.25) is 5.91 Å². The van der Waals surface area contributed by atoms with Crippen LogP contribution in [0.5, 0.6) is 5.75 Å². The highest BCUT2D eigenvalue weighted by atomic mass is 32.1. The summed E-state index contributed by atoms with van der Waals surface area (Å²) in [6.07, 6.45) is 0. The zero-order chi connectivity index (χ0) is 22.0. The summed E-state index contributed by atoms with van der Waals surface area (Å²) in [7, 11) is 1.30. The zero-order valence-electron chi connectivity index (χ0n) is 16.9. The third kappa shape index (κ3) is 4.41. The van der Waals surface area contributed by atoms with Gasteiger partial charge in [-0.15, -0.1) is 11.3 Å². The molecule has 0 aliphatic carbocycles. The van der Waals surface area contributed by atoms with Crippen LogP contribution in [-0.2, 0) is 14.3 Å². The first-order chi connectivity index (χ1) is 14.9. The molecule has 1 aliphatic rings. The van der Waals surface area contributed by atoms with E-state index in [4.69, 9.17) is 4.74 Å². The minimum atomic E-state index is -0.459. The summed E-state index contributed by atoms with van der Waals surface area (Å²) >= 11 is 1.54. The van der Waals surface area contributed by atoms with E-state index in [1.807, 2.05) is 18.4 Å². The number of ether oxygens (including phenoxy) is 2. The van der Waals surface area contributed by atoms with Crippen molar-refractivity contribution in [3.8, 4) is 17.0 Å². The first kappa shape index (κ1) is 20.5. The number of hydrogen-bond acceptors (Lipinski definition) is 7. The van der Waals surface area contributed by atoms with Crippen molar-refractivity contribution in [2.45, 2.75) is 6.92 Å². The summed E-state index contributed by atoms with van der Waals surface area (Å²) in [5.74, 6) is -0.609. The number of aromatic nitrogens is 1. The van der Waals surface area contributed by atoms with Crippen LogP contribution in [0.2, 0.25) is 0 Å². The van der Waals surface area contributed by atoms with Crippen molar-refractivity contribution in [3.63, 3.8) is 0 Å². The maximum Gasteiger partial charge on any atom is 0.337 e. The maximum absolute atomic E-state index is 12.6. The van der Waals surface area contributed by atoms with Gasteiger partial charge in [-0.3, -0.25) is 14.5 Å². The summed E-state index contributed by atoms with van der Waals surface area (Å²) in [6, 6.07) is 11.8. The lowest BCUT2D eigenvalue weighted by atomic mass is 10.1. The Bertz CT molecular complexity index is 1160. The van der Waals surface area contributed by atoms with Gasteiger partial charge in [-0.1, -0.05) is 0 Å². The number of aryl methyl sites for hydroxylation is 1. The van der Waals surface area contributed by atoms with Crippen LogP contribution in [0.15, 0.2) is 47.8 Å². The van der Waals surface area contributed by atoms with E-state index in [1.165, 1.54) is 23.3 Å². The van der Waals surface area contributed by atoms with Crippen LogP contribution in [-0.4, -0.2) is 43.0 Å². The lowest BCUT2D eigenvalue weighted by Gasteiger charge is -2.29. The first-order valence-electron chi connectivity index (χ1n) is 9.42. The molecule has 2 heterocycles. The van der Waals surface area contributed by atoms with Gasteiger partial charge in [-0.2, -0.15) is 0 Å². The number of methoxy groups -OCH3 is 1. The molecule has 158 valence electrons. The molecule has 2 aromatic carbocycles. The van der Waals surface area contributed by atoms with E-state index in [0.717, 1.165) is 16.3 Å². The Morgan fingerprint density at radius 2 is 2.00 bits per heavy atom. The third-order valence-electron chi connectivity index (χ3n) is 4.71. The number of hydrogen-bond donors (Lipinski definition) is 1. The number of nitrogens with zero attached hydrogens (tertiary/aromatic N) is 2. The smallest absolute Gasteiger partial charge is 0.337 e. The number of benzene rings is 2. The van der Waals surface area contributed by atoms with Gasteiger partial charge in [0, 0.05) is 16.6 Å². The van der Waals surface area contributed by atoms with E-state index in [1.54, 1.807) is 36.4 Å². The van der Waals surface area contributed by atoms with Gasteiger partial charge in [0.15, 0.2) is 6.61 Å². The summed E-state index contributed by atoms with van der Waals surface area (Å²) in [5.41, 5.74) is 3.05. The Morgan fingerprint density at radius 3 is 2.68 bits per heavy atom. The molecule has 3 aromatic rings. The molecule has 1 N–H and O–H groups in total.